The van der Waals surface area contributed by atoms with E-state index in [1.54, 1.807) is 0 Å². The second-order valence-electron chi connectivity index (χ2n) is 18.4. The van der Waals surface area contributed by atoms with Crippen molar-refractivity contribution in [1.82, 2.24) is 24.1 Å². The van der Waals surface area contributed by atoms with Crippen LogP contribution in [0, 0.1) is 0 Å². The number of hydrogen-bond acceptors (Lipinski definition) is 3. The van der Waals surface area contributed by atoms with Crippen LogP contribution >= 0.6 is 0 Å². The monoisotopic (exact) mass is 889 g/mol. The van der Waals surface area contributed by atoms with Gasteiger partial charge in [-0.25, -0.2) is 15.0 Å². The Bertz CT molecular complexity index is 4660. The first-order chi connectivity index (χ1) is 34.7. The highest BCUT2D eigenvalue weighted by atomic mass is 15.0. The van der Waals surface area contributed by atoms with Crippen molar-refractivity contribution in [3.8, 4) is 45.5 Å². The topological polar surface area (TPSA) is 48.5 Å². The maximum Gasteiger partial charge on any atom is 0.164 e. The molecule has 0 unspecified atom stereocenters. The van der Waals surface area contributed by atoms with E-state index in [-0.39, 0.29) is 0 Å². The highest BCUT2D eigenvalue weighted by Crippen LogP contribution is 2.41. The van der Waals surface area contributed by atoms with Crippen LogP contribution in [-0.4, -0.2) is 24.1 Å². The average molecular weight is 890 g/mol. The van der Waals surface area contributed by atoms with Crippen molar-refractivity contribution in [2.75, 3.05) is 0 Å². The fourth-order valence-electron chi connectivity index (χ4n) is 11.2. The van der Waals surface area contributed by atoms with E-state index in [2.05, 4.69) is 228 Å². The minimum absolute atomic E-state index is 0.624. The molecule has 5 nitrogen and oxygen atoms in total. The standard InChI is InChI=1S/C65H39N5/c1-2-15-44(16-3-1)63-66-64(47-28-27-43-26-25-40-13-6-8-20-50(40)56(43)36-47)68-65(67-63)55-23-12-19-42-29-31-48(38-57(42)55)69-60-37-46-18-5-4-17-45(46)35-58(60)53-34-32-49(39-61(53)69)70-59-24-11-10-22-52(59)54-33-30-41-14-7-9-21-51(41)62(54)70/h1-39H. The van der Waals surface area contributed by atoms with Gasteiger partial charge in [-0.05, 0) is 97.0 Å². The van der Waals surface area contributed by atoms with Crippen LogP contribution < -0.4 is 0 Å². The first-order valence-electron chi connectivity index (χ1n) is 23.8. The van der Waals surface area contributed by atoms with E-state index in [1.807, 2.05) is 18.2 Å². The van der Waals surface area contributed by atoms with Crippen LogP contribution in [-0.2, 0) is 0 Å². The predicted octanol–water partition coefficient (Wildman–Crippen LogP) is 16.8. The molecule has 0 aliphatic carbocycles. The van der Waals surface area contributed by atoms with Gasteiger partial charge in [0, 0.05) is 55.0 Å². The third-order valence-corrected chi connectivity index (χ3v) is 14.5. The molecule has 0 N–H and O–H groups in total. The quantitative estimate of drug-likeness (QED) is 0.162. The minimum Gasteiger partial charge on any atom is -0.309 e. The lowest BCUT2D eigenvalue weighted by Gasteiger charge is -2.14. The highest BCUT2D eigenvalue weighted by molar-refractivity contribution is 6.19. The number of hydrogen-bond donors (Lipinski definition) is 0. The smallest absolute Gasteiger partial charge is 0.164 e. The van der Waals surface area contributed by atoms with Crippen molar-refractivity contribution in [3.63, 3.8) is 0 Å². The van der Waals surface area contributed by atoms with E-state index >= 15 is 0 Å². The Hall–Kier alpha value is -9.45. The van der Waals surface area contributed by atoms with Gasteiger partial charge in [-0.1, -0.05) is 188 Å². The number of nitrogens with zero attached hydrogens (tertiary/aromatic N) is 5. The molecule has 15 aromatic rings. The lowest BCUT2D eigenvalue weighted by molar-refractivity contribution is 1.08. The molecule has 0 aliphatic rings. The first kappa shape index (κ1) is 38.6. The maximum atomic E-state index is 5.34. The molecule has 324 valence electrons. The van der Waals surface area contributed by atoms with Gasteiger partial charge in [-0.3, -0.25) is 0 Å². The van der Waals surface area contributed by atoms with Crippen molar-refractivity contribution in [2.45, 2.75) is 0 Å². The van der Waals surface area contributed by atoms with E-state index in [0.29, 0.717) is 17.5 Å². The maximum absolute atomic E-state index is 5.34. The van der Waals surface area contributed by atoms with Crippen molar-refractivity contribution < 1.29 is 0 Å². The summed E-state index contributed by atoms with van der Waals surface area (Å²) >= 11 is 0. The zero-order valence-electron chi connectivity index (χ0n) is 37.8. The van der Waals surface area contributed by atoms with E-state index in [0.717, 1.165) is 49.9 Å². The molecule has 0 atom stereocenters. The summed E-state index contributed by atoms with van der Waals surface area (Å²) < 4.78 is 4.92. The average Bonchev–Trinajstić information content (AvgIpc) is 3.94. The van der Waals surface area contributed by atoms with E-state index in [1.165, 1.54) is 75.7 Å². The second kappa shape index (κ2) is 15.0. The molecule has 0 fully saturated rings. The second-order valence-corrected chi connectivity index (χ2v) is 18.4. The number of benzene rings is 12. The van der Waals surface area contributed by atoms with Crippen LogP contribution in [0.2, 0.25) is 0 Å². The number of para-hydroxylation sites is 1. The Labute approximate surface area is 401 Å². The van der Waals surface area contributed by atoms with Gasteiger partial charge in [0.1, 0.15) is 0 Å². The van der Waals surface area contributed by atoms with Crippen LogP contribution in [0.5, 0.6) is 0 Å². The molecule has 12 aromatic carbocycles. The van der Waals surface area contributed by atoms with E-state index in [9.17, 15) is 0 Å². The Morgan fingerprint density at radius 2 is 0.786 bits per heavy atom. The largest absolute Gasteiger partial charge is 0.309 e. The zero-order valence-corrected chi connectivity index (χ0v) is 37.8. The zero-order chi connectivity index (χ0) is 45.9. The van der Waals surface area contributed by atoms with Crippen LogP contribution in [0.15, 0.2) is 237 Å². The van der Waals surface area contributed by atoms with Crippen molar-refractivity contribution in [1.29, 1.82) is 0 Å². The normalized spacial score (nSPS) is 12.0. The summed E-state index contributed by atoms with van der Waals surface area (Å²) in [6.07, 6.45) is 0. The SMILES string of the molecule is c1ccc(-c2nc(-c3ccc4ccc5ccccc5c4c3)nc(-c3cccc4ccc(-n5c6cc(-n7c8ccccc8c8ccc9ccccc9c87)ccc6c6cc7ccccc7cc65)cc34)n2)cc1. The van der Waals surface area contributed by atoms with Gasteiger partial charge in [0.05, 0.1) is 22.1 Å². The third-order valence-electron chi connectivity index (χ3n) is 14.5. The predicted molar refractivity (Wildman–Crippen MR) is 292 cm³/mol. The van der Waals surface area contributed by atoms with Gasteiger partial charge in [-0.15, -0.1) is 0 Å². The summed E-state index contributed by atoms with van der Waals surface area (Å²) in [5, 5.41) is 16.7. The summed E-state index contributed by atoms with van der Waals surface area (Å²) in [5.74, 6) is 1.89. The molecule has 0 saturated heterocycles. The molecule has 0 saturated carbocycles. The molecule has 0 spiro atoms. The molecule has 0 amide bonds. The third kappa shape index (κ3) is 5.88. The van der Waals surface area contributed by atoms with Gasteiger partial charge < -0.3 is 9.13 Å². The van der Waals surface area contributed by atoms with Gasteiger partial charge in [0.25, 0.3) is 0 Å². The van der Waals surface area contributed by atoms with Crippen molar-refractivity contribution in [3.05, 3.63) is 237 Å². The molecular formula is C65H39N5. The van der Waals surface area contributed by atoms with Gasteiger partial charge in [-0.2, -0.15) is 0 Å². The molecule has 3 aromatic heterocycles. The molecule has 15 rings (SSSR count). The van der Waals surface area contributed by atoms with E-state index < -0.39 is 0 Å². The molecule has 0 aliphatic heterocycles. The van der Waals surface area contributed by atoms with Crippen molar-refractivity contribution >= 4 is 97.5 Å². The molecular weight excluding hydrogens is 851 g/mol. The summed E-state index contributed by atoms with van der Waals surface area (Å²) in [5.41, 5.74) is 9.65. The van der Waals surface area contributed by atoms with Gasteiger partial charge >= 0.3 is 0 Å². The fourth-order valence-corrected chi connectivity index (χ4v) is 11.2. The summed E-state index contributed by atoms with van der Waals surface area (Å²) in [7, 11) is 0. The highest BCUT2D eigenvalue weighted by Gasteiger charge is 2.21. The summed E-state index contributed by atoms with van der Waals surface area (Å²) in [4.78, 5) is 15.8. The van der Waals surface area contributed by atoms with Crippen LogP contribution in [0.1, 0.15) is 0 Å². The lowest BCUT2D eigenvalue weighted by atomic mass is 9.99. The molecule has 3 heterocycles. The lowest BCUT2D eigenvalue weighted by Crippen LogP contribution is -2.01. The fraction of sp³-hybridized carbons (Fsp3) is 0. The van der Waals surface area contributed by atoms with E-state index in [4.69, 9.17) is 15.0 Å². The Morgan fingerprint density at radius 3 is 1.63 bits per heavy atom. The van der Waals surface area contributed by atoms with Crippen LogP contribution in [0.25, 0.3) is 143 Å². The van der Waals surface area contributed by atoms with Crippen LogP contribution in [0.4, 0.5) is 0 Å². The summed E-state index contributed by atoms with van der Waals surface area (Å²) in [6.45, 7) is 0. The summed E-state index contributed by atoms with van der Waals surface area (Å²) in [6, 6.07) is 85.4. The molecule has 5 heteroatoms. The molecule has 70 heavy (non-hydrogen) atoms. The van der Waals surface area contributed by atoms with Gasteiger partial charge in [0.2, 0.25) is 0 Å². The van der Waals surface area contributed by atoms with Crippen molar-refractivity contribution in [2.24, 2.45) is 0 Å². The molecule has 0 bridgehead atoms. The van der Waals surface area contributed by atoms with Crippen LogP contribution in [0.3, 0.4) is 0 Å². The Kier molecular flexibility index (Phi) is 8.29. The number of aromatic nitrogens is 5. The Morgan fingerprint density at radius 1 is 0.243 bits per heavy atom. The molecule has 0 radical (unpaired) electrons. The Balaban J connectivity index is 0.974. The van der Waals surface area contributed by atoms with Gasteiger partial charge in [0.15, 0.2) is 17.5 Å². The number of fused-ring (bicyclic) bond motifs is 13. The minimum atomic E-state index is 0.624. The number of rotatable bonds is 5. The first-order valence-corrected chi connectivity index (χ1v) is 23.8.